The molecule has 0 bridgehead atoms. The molecule has 3 aromatic carbocycles. The van der Waals surface area contributed by atoms with Crippen molar-refractivity contribution in [2.75, 3.05) is 31.3 Å². The lowest BCUT2D eigenvalue weighted by Crippen LogP contribution is -2.49. The largest absolute Gasteiger partial charge is 0.497 e. The zero-order valence-electron chi connectivity index (χ0n) is 23.0. The Morgan fingerprint density at radius 2 is 1.64 bits per heavy atom. The molecule has 2 amide bonds. The van der Waals surface area contributed by atoms with Crippen molar-refractivity contribution in [3.05, 3.63) is 95.6 Å². The molecule has 9 heteroatoms. The summed E-state index contributed by atoms with van der Waals surface area (Å²) in [5.74, 6) is 0.147. The summed E-state index contributed by atoms with van der Waals surface area (Å²) < 4.78 is 31.8. The number of likely N-dealkylation sites (N-methyl/N-ethyl adjacent to an activating group) is 1. The lowest BCUT2D eigenvalue weighted by atomic mass is 10.0. The fraction of sp³-hybridized carbons (Fsp3) is 0.333. The van der Waals surface area contributed by atoms with E-state index >= 15 is 0 Å². The first kappa shape index (κ1) is 29.7. The van der Waals surface area contributed by atoms with Crippen LogP contribution < -0.4 is 14.4 Å². The number of benzene rings is 3. The fourth-order valence-corrected chi connectivity index (χ4v) is 5.43. The van der Waals surface area contributed by atoms with Gasteiger partial charge in [0.05, 0.1) is 19.1 Å². The van der Waals surface area contributed by atoms with Crippen molar-refractivity contribution in [1.82, 2.24) is 10.2 Å². The van der Waals surface area contributed by atoms with E-state index in [-0.39, 0.29) is 31.3 Å². The number of hydrogen-bond acceptors (Lipinski definition) is 5. The molecular weight excluding hydrogens is 514 g/mol. The van der Waals surface area contributed by atoms with E-state index in [2.05, 4.69) is 5.32 Å². The van der Waals surface area contributed by atoms with Crippen molar-refractivity contribution in [2.24, 2.45) is 0 Å². The summed E-state index contributed by atoms with van der Waals surface area (Å²) in [7, 11) is -0.421. The van der Waals surface area contributed by atoms with Gasteiger partial charge in [0.25, 0.3) is 0 Å². The van der Waals surface area contributed by atoms with E-state index < -0.39 is 16.1 Å². The molecule has 0 spiro atoms. The fourth-order valence-electron chi connectivity index (χ4n) is 4.48. The Morgan fingerprint density at radius 1 is 0.949 bits per heavy atom. The van der Waals surface area contributed by atoms with Crippen molar-refractivity contribution in [3.8, 4) is 5.75 Å². The van der Waals surface area contributed by atoms with Crippen LogP contribution in [-0.2, 0) is 32.6 Å². The zero-order valence-corrected chi connectivity index (χ0v) is 23.8. The second-order valence-electron chi connectivity index (χ2n) is 9.47. The Kier molecular flexibility index (Phi) is 10.5. The van der Waals surface area contributed by atoms with E-state index in [0.717, 1.165) is 22.9 Å². The molecule has 1 atom stereocenters. The Labute approximate surface area is 231 Å². The SMILES string of the molecule is CNC(=O)[C@H](Cc1ccccc1)N(Cc1cccc(OC)c1)C(=O)CCCN(c1cccc(C)c1)S(C)(=O)=O. The molecule has 0 saturated carbocycles. The van der Waals surface area contributed by atoms with Gasteiger partial charge >= 0.3 is 0 Å². The summed E-state index contributed by atoms with van der Waals surface area (Å²) in [6.07, 6.45) is 1.87. The van der Waals surface area contributed by atoms with Gasteiger partial charge in [0, 0.05) is 33.0 Å². The number of ether oxygens (including phenoxy) is 1. The van der Waals surface area contributed by atoms with E-state index in [1.165, 1.54) is 4.31 Å². The van der Waals surface area contributed by atoms with Gasteiger partial charge in [0.2, 0.25) is 21.8 Å². The standard InChI is InChI=1S/C30H37N3O5S/c1-23-11-8-15-26(19-23)33(39(4,36)37)18-10-17-29(34)32(22-25-14-9-16-27(20-25)38-3)28(30(35)31-2)21-24-12-6-5-7-13-24/h5-9,11-16,19-20,28H,10,17-18,21-22H2,1-4H3,(H,31,35)/t28-/m0/s1. The van der Waals surface area contributed by atoms with Crippen molar-refractivity contribution >= 4 is 27.5 Å². The van der Waals surface area contributed by atoms with E-state index in [1.54, 1.807) is 37.3 Å². The Bertz CT molecular complexity index is 1360. The third kappa shape index (κ3) is 8.58. The van der Waals surface area contributed by atoms with Gasteiger partial charge in [-0.2, -0.15) is 0 Å². The number of carbonyl (C=O) groups excluding carboxylic acids is 2. The molecule has 0 heterocycles. The maximum absolute atomic E-state index is 13.7. The van der Waals surface area contributed by atoms with Gasteiger partial charge in [-0.1, -0.05) is 54.6 Å². The molecule has 0 aromatic heterocycles. The summed E-state index contributed by atoms with van der Waals surface area (Å²) in [4.78, 5) is 28.4. The van der Waals surface area contributed by atoms with Crippen molar-refractivity contribution in [2.45, 2.75) is 38.8 Å². The molecule has 0 aliphatic heterocycles. The molecule has 3 rings (SSSR count). The van der Waals surface area contributed by atoms with Gasteiger partial charge in [0.1, 0.15) is 11.8 Å². The molecule has 0 aliphatic rings. The molecule has 0 radical (unpaired) electrons. The lowest BCUT2D eigenvalue weighted by Gasteiger charge is -2.31. The monoisotopic (exact) mass is 551 g/mol. The number of aryl methyl sites for hydroxylation is 1. The molecule has 0 unspecified atom stereocenters. The molecule has 3 aromatic rings. The normalized spacial score (nSPS) is 11.9. The van der Waals surface area contributed by atoms with Crippen LogP contribution in [0, 0.1) is 6.92 Å². The maximum atomic E-state index is 13.7. The molecule has 0 saturated heterocycles. The van der Waals surface area contributed by atoms with Crippen molar-refractivity contribution in [1.29, 1.82) is 0 Å². The average molecular weight is 552 g/mol. The van der Waals surface area contributed by atoms with Gasteiger partial charge in [0.15, 0.2) is 0 Å². The van der Waals surface area contributed by atoms with Gasteiger partial charge in [-0.15, -0.1) is 0 Å². The van der Waals surface area contributed by atoms with Gasteiger partial charge in [-0.3, -0.25) is 13.9 Å². The topological polar surface area (TPSA) is 96.0 Å². The molecule has 39 heavy (non-hydrogen) atoms. The van der Waals surface area contributed by atoms with Crippen LogP contribution in [0.4, 0.5) is 5.69 Å². The Balaban J connectivity index is 1.86. The first-order chi connectivity index (χ1) is 18.6. The maximum Gasteiger partial charge on any atom is 0.242 e. The number of anilines is 1. The highest BCUT2D eigenvalue weighted by Gasteiger charge is 2.30. The second-order valence-corrected chi connectivity index (χ2v) is 11.4. The smallest absolute Gasteiger partial charge is 0.242 e. The summed E-state index contributed by atoms with van der Waals surface area (Å²) in [6.45, 7) is 2.24. The number of rotatable bonds is 13. The van der Waals surface area contributed by atoms with Gasteiger partial charge < -0.3 is 15.0 Å². The number of methoxy groups -OCH3 is 1. The molecular formula is C30H37N3O5S. The van der Waals surface area contributed by atoms with Crippen LogP contribution in [0.5, 0.6) is 5.75 Å². The van der Waals surface area contributed by atoms with Crippen molar-refractivity contribution in [3.63, 3.8) is 0 Å². The summed E-state index contributed by atoms with van der Waals surface area (Å²) in [5.41, 5.74) is 3.25. The number of sulfonamides is 1. The predicted octanol–water partition coefficient (Wildman–Crippen LogP) is 3.94. The van der Waals surface area contributed by atoms with Crippen LogP contribution in [0.3, 0.4) is 0 Å². The Morgan fingerprint density at radius 3 is 2.28 bits per heavy atom. The van der Waals surface area contributed by atoms with Crippen LogP contribution in [-0.4, -0.2) is 58.1 Å². The van der Waals surface area contributed by atoms with Crippen LogP contribution in [0.2, 0.25) is 0 Å². The first-order valence-electron chi connectivity index (χ1n) is 12.8. The number of carbonyl (C=O) groups is 2. The Hall–Kier alpha value is -3.85. The lowest BCUT2D eigenvalue weighted by molar-refractivity contribution is -0.141. The minimum atomic E-state index is -3.55. The first-order valence-corrected chi connectivity index (χ1v) is 14.7. The minimum absolute atomic E-state index is 0.0735. The summed E-state index contributed by atoms with van der Waals surface area (Å²) in [6, 6.07) is 23.4. The van der Waals surface area contributed by atoms with Crippen molar-refractivity contribution < 1.29 is 22.7 Å². The molecule has 208 valence electrons. The van der Waals surface area contributed by atoms with Crippen LogP contribution >= 0.6 is 0 Å². The van der Waals surface area contributed by atoms with Crippen LogP contribution in [0.25, 0.3) is 0 Å². The second kappa shape index (κ2) is 13.8. The van der Waals surface area contributed by atoms with E-state index in [9.17, 15) is 18.0 Å². The average Bonchev–Trinajstić information content (AvgIpc) is 2.92. The summed E-state index contributed by atoms with van der Waals surface area (Å²) >= 11 is 0. The van der Waals surface area contributed by atoms with E-state index in [1.807, 2.05) is 67.6 Å². The molecule has 1 N–H and O–H groups in total. The minimum Gasteiger partial charge on any atom is -0.497 e. The number of nitrogens with zero attached hydrogens (tertiary/aromatic N) is 2. The molecule has 8 nitrogen and oxygen atoms in total. The van der Waals surface area contributed by atoms with Gasteiger partial charge in [-0.05, 0) is 54.3 Å². The quantitative estimate of drug-likeness (QED) is 0.347. The highest BCUT2D eigenvalue weighted by Crippen LogP contribution is 2.22. The van der Waals surface area contributed by atoms with E-state index in [0.29, 0.717) is 24.3 Å². The molecule has 0 aliphatic carbocycles. The number of hydrogen-bond donors (Lipinski definition) is 1. The third-order valence-corrected chi connectivity index (χ3v) is 7.64. The van der Waals surface area contributed by atoms with Gasteiger partial charge in [-0.25, -0.2) is 8.42 Å². The van der Waals surface area contributed by atoms with E-state index in [4.69, 9.17) is 4.74 Å². The highest BCUT2D eigenvalue weighted by molar-refractivity contribution is 7.92. The third-order valence-electron chi connectivity index (χ3n) is 6.45. The van der Waals surface area contributed by atoms with Crippen LogP contribution in [0.1, 0.15) is 29.5 Å². The number of nitrogens with one attached hydrogen (secondary N) is 1. The zero-order chi connectivity index (χ0) is 28.4. The predicted molar refractivity (Wildman–Crippen MR) is 154 cm³/mol. The molecule has 0 fully saturated rings. The number of amides is 2. The summed E-state index contributed by atoms with van der Waals surface area (Å²) in [5, 5.41) is 2.70. The van der Waals surface area contributed by atoms with Crippen LogP contribution in [0.15, 0.2) is 78.9 Å². The highest BCUT2D eigenvalue weighted by atomic mass is 32.2.